The van der Waals surface area contributed by atoms with Crippen molar-refractivity contribution < 1.29 is 4.74 Å². The van der Waals surface area contributed by atoms with Gasteiger partial charge in [-0.25, -0.2) is 0 Å². The lowest BCUT2D eigenvalue weighted by Gasteiger charge is -2.37. The summed E-state index contributed by atoms with van der Waals surface area (Å²) in [6.07, 6.45) is 11.1. The first-order valence-electron chi connectivity index (χ1n) is 10.3. The molecule has 1 aliphatic carbocycles. The number of H-pyrrole nitrogens is 1. The van der Waals surface area contributed by atoms with Crippen molar-refractivity contribution in [3.63, 3.8) is 0 Å². The Kier molecular flexibility index (Phi) is 6.83. The van der Waals surface area contributed by atoms with Crippen LogP contribution in [0.5, 0.6) is 5.75 Å². The van der Waals surface area contributed by atoms with Crippen molar-refractivity contribution >= 4 is 22.4 Å². The molecule has 148 valence electrons. The van der Waals surface area contributed by atoms with Crippen LogP contribution in [0, 0.1) is 0 Å². The van der Waals surface area contributed by atoms with E-state index in [0.29, 0.717) is 21.7 Å². The van der Waals surface area contributed by atoms with Crippen LogP contribution >= 0.6 is 11.6 Å². The number of hydrogen-bond donors (Lipinski definition) is 2. The summed E-state index contributed by atoms with van der Waals surface area (Å²) in [6, 6.07) is 5.49. The molecule has 2 aromatic rings. The SMILES string of the molecule is CCCC1(NCC)CCCC(Oc2cc3cc[nH]c(=O)c3cc2Cl)CCC1. The van der Waals surface area contributed by atoms with E-state index < -0.39 is 0 Å². The van der Waals surface area contributed by atoms with Crippen molar-refractivity contribution in [2.75, 3.05) is 6.54 Å². The number of aromatic amines is 1. The maximum atomic E-state index is 11.9. The van der Waals surface area contributed by atoms with E-state index in [0.717, 1.165) is 37.6 Å². The standard InChI is InChI=1S/C22H31ClN2O2/c1-3-10-22(25-4-2)11-5-7-17(8-6-12-22)27-20-14-16-9-13-24-21(26)18(16)15-19(20)23/h9,13-15,17,25H,3-8,10-12H2,1-2H3,(H,24,26). The molecular weight excluding hydrogens is 360 g/mol. The van der Waals surface area contributed by atoms with Gasteiger partial charge in [-0.3, -0.25) is 4.79 Å². The number of rotatable bonds is 6. The minimum atomic E-state index is -0.123. The van der Waals surface area contributed by atoms with Crippen molar-refractivity contribution in [1.82, 2.24) is 10.3 Å². The normalized spacial score (nSPS) is 23.7. The largest absolute Gasteiger partial charge is 0.489 e. The first-order chi connectivity index (χ1) is 13.1. The zero-order valence-corrected chi connectivity index (χ0v) is 17.2. The van der Waals surface area contributed by atoms with Gasteiger partial charge in [-0.1, -0.05) is 31.9 Å². The average molecular weight is 391 g/mol. The van der Waals surface area contributed by atoms with Crippen LogP contribution in [0.4, 0.5) is 0 Å². The number of pyridine rings is 1. The molecule has 5 heteroatoms. The summed E-state index contributed by atoms with van der Waals surface area (Å²) in [4.78, 5) is 14.6. The number of fused-ring (bicyclic) bond motifs is 1. The summed E-state index contributed by atoms with van der Waals surface area (Å²) < 4.78 is 6.29. The fraction of sp³-hybridized carbons (Fsp3) is 0.591. The minimum absolute atomic E-state index is 0.123. The van der Waals surface area contributed by atoms with Gasteiger partial charge in [0.25, 0.3) is 5.56 Å². The molecule has 2 N–H and O–H groups in total. The smallest absolute Gasteiger partial charge is 0.255 e. The minimum Gasteiger partial charge on any atom is -0.489 e. The van der Waals surface area contributed by atoms with Crippen LogP contribution in [0.2, 0.25) is 5.02 Å². The van der Waals surface area contributed by atoms with Crippen molar-refractivity contribution in [2.45, 2.75) is 76.9 Å². The van der Waals surface area contributed by atoms with E-state index >= 15 is 0 Å². The van der Waals surface area contributed by atoms with Gasteiger partial charge in [0.2, 0.25) is 0 Å². The maximum absolute atomic E-state index is 11.9. The molecule has 1 saturated carbocycles. The quantitative estimate of drug-likeness (QED) is 0.691. The van der Waals surface area contributed by atoms with Crippen LogP contribution < -0.4 is 15.6 Å². The third-order valence-corrected chi connectivity index (χ3v) is 6.06. The van der Waals surface area contributed by atoms with Crippen LogP contribution in [0.15, 0.2) is 29.2 Å². The molecule has 1 aromatic carbocycles. The summed E-state index contributed by atoms with van der Waals surface area (Å²) >= 11 is 6.41. The lowest BCUT2D eigenvalue weighted by atomic mass is 9.80. The number of ether oxygens (including phenoxy) is 1. The Hall–Kier alpha value is -1.52. The molecule has 0 amide bonds. The fourth-order valence-corrected chi connectivity index (χ4v) is 4.76. The third kappa shape index (κ3) is 4.85. The Morgan fingerprint density at radius 3 is 2.67 bits per heavy atom. The Balaban J connectivity index is 1.70. The van der Waals surface area contributed by atoms with Crippen LogP contribution in [-0.2, 0) is 0 Å². The van der Waals surface area contributed by atoms with Gasteiger partial charge in [-0.15, -0.1) is 0 Å². The summed E-state index contributed by atoms with van der Waals surface area (Å²) in [5, 5.41) is 5.74. The van der Waals surface area contributed by atoms with Gasteiger partial charge in [-0.2, -0.15) is 0 Å². The highest BCUT2D eigenvalue weighted by Gasteiger charge is 2.30. The molecule has 0 aliphatic heterocycles. The molecule has 1 fully saturated rings. The first kappa shape index (κ1) is 20.2. The second kappa shape index (κ2) is 9.11. The van der Waals surface area contributed by atoms with E-state index in [-0.39, 0.29) is 11.7 Å². The van der Waals surface area contributed by atoms with Gasteiger partial charge in [0.15, 0.2) is 0 Å². The first-order valence-corrected chi connectivity index (χ1v) is 10.7. The van der Waals surface area contributed by atoms with Gasteiger partial charge >= 0.3 is 0 Å². The molecule has 0 saturated heterocycles. The zero-order valence-electron chi connectivity index (χ0n) is 16.4. The molecule has 27 heavy (non-hydrogen) atoms. The molecule has 0 unspecified atom stereocenters. The number of benzene rings is 1. The van der Waals surface area contributed by atoms with Crippen molar-refractivity contribution in [1.29, 1.82) is 0 Å². The van der Waals surface area contributed by atoms with E-state index in [2.05, 4.69) is 24.1 Å². The van der Waals surface area contributed by atoms with Crippen LogP contribution in [-0.4, -0.2) is 23.2 Å². The summed E-state index contributed by atoms with van der Waals surface area (Å²) in [6.45, 7) is 5.51. The summed E-state index contributed by atoms with van der Waals surface area (Å²) in [5.74, 6) is 0.687. The van der Waals surface area contributed by atoms with E-state index in [1.807, 2.05) is 12.1 Å². The van der Waals surface area contributed by atoms with E-state index in [4.69, 9.17) is 16.3 Å². The average Bonchev–Trinajstić information content (AvgIpc) is 2.62. The number of hydrogen-bond acceptors (Lipinski definition) is 3. The summed E-state index contributed by atoms with van der Waals surface area (Å²) in [7, 11) is 0. The molecule has 4 nitrogen and oxygen atoms in total. The van der Waals surface area contributed by atoms with E-state index in [9.17, 15) is 4.79 Å². The second-order valence-electron chi connectivity index (χ2n) is 7.76. The zero-order chi connectivity index (χ0) is 19.3. The molecule has 1 aromatic heterocycles. The molecule has 0 atom stereocenters. The molecular formula is C22H31ClN2O2. The molecule has 1 heterocycles. The third-order valence-electron chi connectivity index (χ3n) is 5.76. The monoisotopic (exact) mass is 390 g/mol. The highest BCUT2D eigenvalue weighted by molar-refractivity contribution is 6.32. The predicted octanol–water partition coefficient (Wildman–Crippen LogP) is 5.43. The number of aromatic nitrogens is 1. The van der Waals surface area contributed by atoms with Gasteiger partial charge in [0, 0.05) is 17.1 Å². The summed E-state index contributed by atoms with van der Waals surface area (Å²) in [5.41, 5.74) is 0.179. The topological polar surface area (TPSA) is 54.1 Å². The number of halogens is 1. The lowest BCUT2D eigenvalue weighted by molar-refractivity contribution is 0.138. The Morgan fingerprint density at radius 2 is 2.00 bits per heavy atom. The van der Waals surface area contributed by atoms with E-state index in [1.54, 1.807) is 12.3 Å². The predicted molar refractivity (Wildman–Crippen MR) is 113 cm³/mol. The van der Waals surface area contributed by atoms with Crippen LogP contribution in [0.3, 0.4) is 0 Å². The second-order valence-corrected chi connectivity index (χ2v) is 8.17. The maximum Gasteiger partial charge on any atom is 0.255 e. The Bertz CT molecular complexity index is 800. The fourth-order valence-electron chi connectivity index (χ4n) is 4.55. The van der Waals surface area contributed by atoms with Crippen molar-refractivity contribution in [3.8, 4) is 5.75 Å². The van der Waals surface area contributed by atoms with Gasteiger partial charge in [0.1, 0.15) is 5.75 Å². The Morgan fingerprint density at radius 1 is 1.26 bits per heavy atom. The van der Waals surface area contributed by atoms with Crippen LogP contribution in [0.1, 0.15) is 65.2 Å². The lowest BCUT2D eigenvalue weighted by Crippen LogP contribution is -2.46. The highest BCUT2D eigenvalue weighted by atomic mass is 35.5. The number of nitrogens with one attached hydrogen (secondary N) is 2. The van der Waals surface area contributed by atoms with Crippen molar-refractivity contribution in [2.24, 2.45) is 0 Å². The van der Waals surface area contributed by atoms with Gasteiger partial charge < -0.3 is 15.0 Å². The Labute approximate surface area is 166 Å². The highest BCUT2D eigenvalue weighted by Crippen LogP contribution is 2.34. The van der Waals surface area contributed by atoms with Crippen molar-refractivity contribution in [3.05, 3.63) is 39.8 Å². The molecule has 3 rings (SSSR count). The molecule has 0 radical (unpaired) electrons. The molecule has 1 aliphatic rings. The molecule has 0 bridgehead atoms. The molecule has 0 spiro atoms. The van der Waals surface area contributed by atoms with Crippen LogP contribution in [0.25, 0.3) is 10.8 Å². The van der Waals surface area contributed by atoms with Gasteiger partial charge in [0.05, 0.1) is 11.1 Å². The van der Waals surface area contributed by atoms with E-state index in [1.165, 1.54) is 25.7 Å². The van der Waals surface area contributed by atoms with Gasteiger partial charge in [-0.05, 0) is 75.1 Å².